The maximum Gasteiger partial charge on any atom is 0.333 e. The number of carbonyl (C=O) groups is 3. The minimum absolute atomic E-state index is 0.0706. The Labute approximate surface area is 106 Å². The van der Waals surface area contributed by atoms with Gasteiger partial charge in [0.15, 0.2) is 0 Å². The summed E-state index contributed by atoms with van der Waals surface area (Å²) >= 11 is 0. The molecule has 0 aromatic heterocycles. The van der Waals surface area contributed by atoms with Crippen LogP contribution in [-0.4, -0.2) is 42.0 Å². The molecule has 6 nitrogen and oxygen atoms in total. The number of carbonyl (C=O) groups excluding carboxylic acids is 3. The molecule has 6 heteroatoms. The Bertz CT molecular complexity index is 416. The Morgan fingerprint density at radius 2 is 2.11 bits per heavy atom. The van der Waals surface area contributed by atoms with Gasteiger partial charge in [-0.15, -0.1) is 0 Å². The molecule has 1 heterocycles. The average molecular weight is 254 g/mol. The summed E-state index contributed by atoms with van der Waals surface area (Å²) in [5, 5.41) is 2.64. The van der Waals surface area contributed by atoms with Gasteiger partial charge in [0, 0.05) is 12.1 Å². The first-order valence-electron chi connectivity index (χ1n) is 5.75. The molecule has 0 bridgehead atoms. The molecular weight excluding hydrogens is 236 g/mol. The number of urea groups is 1. The van der Waals surface area contributed by atoms with E-state index in [1.165, 1.54) is 13.2 Å². The standard InChI is InChI=1S/C12H18N2O4/c1-5-12(3)10(16)14(11(17)13-12)7-6-8(2)9(15)18-4/h6H,5,7H2,1-4H3,(H,13,17). The van der Waals surface area contributed by atoms with E-state index >= 15 is 0 Å². The maximum atomic E-state index is 12.0. The average Bonchev–Trinajstić information content (AvgIpc) is 2.57. The van der Waals surface area contributed by atoms with Crippen LogP contribution >= 0.6 is 0 Å². The van der Waals surface area contributed by atoms with Crippen molar-refractivity contribution in [1.29, 1.82) is 0 Å². The summed E-state index contributed by atoms with van der Waals surface area (Å²) in [6, 6.07) is -0.432. The van der Waals surface area contributed by atoms with Crippen molar-refractivity contribution in [2.24, 2.45) is 0 Å². The first-order valence-corrected chi connectivity index (χ1v) is 5.75. The summed E-state index contributed by atoms with van der Waals surface area (Å²) < 4.78 is 4.53. The lowest BCUT2D eigenvalue weighted by atomic mass is 9.99. The van der Waals surface area contributed by atoms with Crippen LogP contribution in [0.25, 0.3) is 0 Å². The van der Waals surface area contributed by atoms with Crippen LogP contribution in [0.5, 0.6) is 0 Å². The van der Waals surface area contributed by atoms with E-state index in [0.717, 1.165) is 4.90 Å². The van der Waals surface area contributed by atoms with Crippen molar-refractivity contribution in [1.82, 2.24) is 10.2 Å². The molecule has 18 heavy (non-hydrogen) atoms. The topological polar surface area (TPSA) is 75.7 Å². The number of hydrogen-bond donors (Lipinski definition) is 1. The van der Waals surface area contributed by atoms with E-state index < -0.39 is 17.5 Å². The lowest BCUT2D eigenvalue weighted by Gasteiger charge is -2.18. The van der Waals surface area contributed by atoms with Gasteiger partial charge in [-0.1, -0.05) is 13.0 Å². The molecule has 0 spiro atoms. The number of esters is 1. The molecule has 0 aromatic rings. The van der Waals surface area contributed by atoms with Crippen LogP contribution in [-0.2, 0) is 14.3 Å². The van der Waals surface area contributed by atoms with Crippen molar-refractivity contribution in [3.8, 4) is 0 Å². The molecule has 1 unspecified atom stereocenters. The van der Waals surface area contributed by atoms with Crippen molar-refractivity contribution in [2.75, 3.05) is 13.7 Å². The van der Waals surface area contributed by atoms with E-state index in [0.29, 0.717) is 12.0 Å². The third-order valence-electron chi connectivity index (χ3n) is 3.14. The fraction of sp³-hybridized carbons (Fsp3) is 0.583. The van der Waals surface area contributed by atoms with E-state index in [1.807, 2.05) is 6.92 Å². The van der Waals surface area contributed by atoms with Crippen LogP contribution in [0.1, 0.15) is 27.2 Å². The molecule has 0 radical (unpaired) electrons. The van der Waals surface area contributed by atoms with Gasteiger partial charge in [-0.05, 0) is 20.3 Å². The molecular formula is C12H18N2O4. The van der Waals surface area contributed by atoms with Gasteiger partial charge >= 0.3 is 12.0 Å². The quantitative estimate of drug-likeness (QED) is 0.458. The van der Waals surface area contributed by atoms with Gasteiger partial charge in [-0.2, -0.15) is 0 Å². The third-order valence-corrected chi connectivity index (χ3v) is 3.14. The highest BCUT2D eigenvalue weighted by atomic mass is 16.5. The van der Waals surface area contributed by atoms with Gasteiger partial charge in [0.25, 0.3) is 5.91 Å². The van der Waals surface area contributed by atoms with Gasteiger partial charge in [0.05, 0.1) is 7.11 Å². The minimum Gasteiger partial charge on any atom is -0.466 e. The lowest BCUT2D eigenvalue weighted by molar-refractivity contribution is -0.136. The molecule has 1 atom stereocenters. The van der Waals surface area contributed by atoms with Crippen LogP contribution in [0.2, 0.25) is 0 Å². The van der Waals surface area contributed by atoms with Crippen LogP contribution in [0.3, 0.4) is 0 Å². The third kappa shape index (κ3) is 2.52. The molecule has 1 aliphatic heterocycles. The second-order valence-corrected chi connectivity index (χ2v) is 4.41. The summed E-state index contributed by atoms with van der Waals surface area (Å²) in [6.45, 7) is 5.16. The van der Waals surface area contributed by atoms with Crippen LogP contribution in [0.4, 0.5) is 4.79 Å². The van der Waals surface area contributed by atoms with Crippen molar-refractivity contribution in [2.45, 2.75) is 32.7 Å². The molecule has 0 aliphatic carbocycles. The summed E-state index contributed by atoms with van der Waals surface area (Å²) in [5.41, 5.74) is -0.479. The molecule has 0 aromatic carbocycles. The Hall–Kier alpha value is -1.85. The number of imide groups is 1. The predicted molar refractivity (Wildman–Crippen MR) is 64.7 cm³/mol. The lowest BCUT2D eigenvalue weighted by Crippen LogP contribution is -2.43. The van der Waals surface area contributed by atoms with E-state index in [4.69, 9.17) is 0 Å². The van der Waals surface area contributed by atoms with Crippen molar-refractivity contribution in [3.63, 3.8) is 0 Å². The minimum atomic E-state index is -0.843. The smallest absolute Gasteiger partial charge is 0.333 e. The zero-order valence-electron chi connectivity index (χ0n) is 11.1. The fourth-order valence-electron chi connectivity index (χ4n) is 1.63. The molecule has 1 fully saturated rings. The number of nitrogens with zero attached hydrogens (tertiary/aromatic N) is 1. The van der Waals surface area contributed by atoms with Crippen LogP contribution in [0, 0.1) is 0 Å². The van der Waals surface area contributed by atoms with Gasteiger partial charge in [-0.3, -0.25) is 9.69 Å². The van der Waals surface area contributed by atoms with Gasteiger partial charge < -0.3 is 10.1 Å². The molecule has 1 saturated heterocycles. The molecule has 100 valence electrons. The Balaban J connectivity index is 2.78. The van der Waals surface area contributed by atoms with E-state index in [1.54, 1.807) is 13.8 Å². The first kappa shape index (κ1) is 14.2. The van der Waals surface area contributed by atoms with Crippen LogP contribution in [0.15, 0.2) is 11.6 Å². The van der Waals surface area contributed by atoms with E-state index in [9.17, 15) is 14.4 Å². The van der Waals surface area contributed by atoms with Gasteiger partial charge in [0.1, 0.15) is 5.54 Å². The fourth-order valence-corrected chi connectivity index (χ4v) is 1.63. The summed E-state index contributed by atoms with van der Waals surface area (Å²) in [4.78, 5) is 35.9. The van der Waals surface area contributed by atoms with E-state index in [-0.39, 0.29) is 12.5 Å². The van der Waals surface area contributed by atoms with Gasteiger partial charge in [0.2, 0.25) is 0 Å². The number of hydrogen-bond acceptors (Lipinski definition) is 4. The number of nitrogens with one attached hydrogen (secondary N) is 1. The highest BCUT2D eigenvalue weighted by Crippen LogP contribution is 2.20. The molecule has 3 amide bonds. The monoisotopic (exact) mass is 254 g/mol. The summed E-state index contributed by atoms with van der Waals surface area (Å²) in [6.07, 6.45) is 2.03. The maximum absolute atomic E-state index is 12.0. The van der Waals surface area contributed by atoms with Crippen molar-refractivity contribution >= 4 is 17.9 Å². The molecule has 0 saturated carbocycles. The number of ether oxygens (including phenoxy) is 1. The van der Waals surface area contributed by atoms with E-state index in [2.05, 4.69) is 10.1 Å². The molecule has 1 N–H and O–H groups in total. The van der Waals surface area contributed by atoms with Crippen LogP contribution < -0.4 is 5.32 Å². The predicted octanol–water partition coefficient (Wildman–Crippen LogP) is 0.826. The van der Waals surface area contributed by atoms with Crippen molar-refractivity contribution in [3.05, 3.63) is 11.6 Å². The molecule has 1 rings (SSSR count). The highest BCUT2D eigenvalue weighted by Gasteiger charge is 2.45. The second kappa shape index (κ2) is 5.20. The zero-order chi connectivity index (χ0) is 13.9. The Kier molecular flexibility index (Phi) is 4.11. The normalized spacial score (nSPS) is 24.2. The summed E-state index contributed by atoms with van der Waals surface area (Å²) in [7, 11) is 1.28. The number of rotatable bonds is 4. The van der Waals surface area contributed by atoms with Crippen molar-refractivity contribution < 1.29 is 19.1 Å². The number of amides is 3. The Morgan fingerprint density at radius 1 is 1.50 bits per heavy atom. The first-order chi connectivity index (χ1) is 8.35. The van der Waals surface area contributed by atoms with Gasteiger partial charge in [-0.25, -0.2) is 9.59 Å². The molecule has 1 aliphatic rings. The highest BCUT2D eigenvalue weighted by molar-refractivity contribution is 6.06. The zero-order valence-corrected chi connectivity index (χ0v) is 11.1. The second-order valence-electron chi connectivity index (χ2n) is 4.41. The summed E-state index contributed by atoms with van der Waals surface area (Å²) in [5.74, 6) is -0.746. The number of methoxy groups -OCH3 is 1. The Morgan fingerprint density at radius 3 is 2.56 bits per heavy atom. The largest absolute Gasteiger partial charge is 0.466 e. The SMILES string of the molecule is CCC1(C)NC(=O)N(CC=C(C)C(=O)OC)C1=O.